The lowest BCUT2D eigenvalue weighted by molar-refractivity contribution is -0.153. The zero-order valence-electron chi connectivity index (χ0n) is 8.73. The zero-order valence-corrected chi connectivity index (χ0v) is 8.73. The summed E-state index contributed by atoms with van der Waals surface area (Å²) in [5.41, 5.74) is 0.286. The molecule has 1 aliphatic heterocycles. The van der Waals surface area contributed by atoms with Crippen molar-refractivity contribution in [2.75, 3.05) is 0 Å². The Morgan fingerprint density at radius 1 is 1.33 bits per heavy atom. The molecule has 1 spiro atoms. The van der Waals surface area contributed by atoms with Crippen LogP contribution >= 0.6 is 0 Å². The van der Waals surface area contributed by atoms with Crippen molar-refractivity contribution in [1.82, 2.24) is 0 Å². The maximum Gasteiger partial charge on any atom is 0.317 e. The Balaban J connectivity index is 1.87. The number of allylic oxidation sites excluding steroid dienone is 2. The summed E-state index contributed by atoms with van der Waals surface area (Å²) in [5.74, 6) is -0.0811. The number of rotatable bonds is 1. The predicted molar refractivity (Wildman–Crippen MR) is 52.7 cm³/mol. The molecule has 1 saturated carbocycles. The van der Waals surface area contributed by atoms with E-state index in [4.69, 9.17) is 0 Å². The first-order valence-electron chi connectivity index (χ1n) is 5.56. The summed E-state index contributed by atoms with van der Waals surface area (Å²) in [7, 11) is 0. The van der Waals surface area contributed by atoms with Gasteiger partial charge in [-0.2, -0.15) is 0 Å². The Morgan fingerprint density at radius 2 is 2.07 bits per heavy atom. The summed E-state index contributed by atoms with van der Waals surface area (Å²) in [6.45, 7) is 2.20. The SMILES string of the molecule is CC1C=CC(C2CC(=O)OC2=O)C12CC2. The predicted octanol–water partition coefficient (Wildman–Crippen LogP) is 1.68. The van der Waals surface area contributed by atoms with Gasteiger partial charge in [0, 0.05) is 0 Å². The second kappa shape index (κ2) is 2.71. The first-order chi connectivity index (χ1) is 7.13. The third-order valence-corrected chi connectivity index (χ3v) is 4.34. The van der Waals surface area contributed by atoms with E-state index in [1.54, 1.807) is 0 Å². The van der Waals surface area contributed by atoms with Crippen molar-refractivity contribution in [3.05, 3.63) is 12.2 Å². The number of hydrogen-bond donors (Lipinski definition) is 0. The second-order valence-electron chi connectivity index (χ2n) is 5.04. The van der Waals surface area contributed by atoms with Crippen LogP contribution in [0.5, 0.6) is 0 Å². The van der Waals surface area contributed by atoms with Crippen LogP contribution in [-0.4, -0.2) is 11.9 Å². The monoisotopic (exact) mass is 206 g/mol. The largest absolute Gasteiger partial charge is 0.393 e. The van der Waals surface area contributed by atoms with E-state index >= 15 is 0 Å². The Morgan fingerprint density at radius 3 is 2.60 bits per heavy atom. The molecule has 2 aliphatic carbocycles. The summed E-state index contributed by atoms with van der Waals surface area (Å²) < 4.78 is 4.63. The van der Waals surface area contributed by atoms with Crippen LogP contribution in [0.15, 0.2) is 12.2 Å². The fraction of sp³-hybridized carbons (Fsp3) is 0.667. The van der Waals surface area contributed by atoms with Crippen LogP contribution in [0.25, 0.3) is 0 Å². The molecule has 1 heterocycles. The molecule has 0 aromatic carbocycles. The molecule has 0 N–H and O–H groups in total. The molecule has 3 heteroatoms. The normalized spacial score (nSPS) is 41.3. The molecule has 0 bridgehead atoms. The van der Waals surface area contributed by atoms with Gasteiger partial charge in [0.2, 0.25) is 0 Å². The van der Waals surface area contributed by atoms with E-state index in [-0.39, 0.29) is 35.6 Å². The molecule has 0 aromatic rings. The number of cyclic esters (lactones) is 2. The van der Waals surface area contributed by atoms with E-state index in [9.17, 15) is 9.59 Å². The van der Waals surface area contributed by atoms with Crippen molar-refractivity contribution in [3.63, 3.8) is 0 Å². The molecular weight excluding hydrogens is 192 g/mol. The first-order valence-corrected chi connectivity index (χ1v) is 5.56. The topological polar surface area (TPSA) is 43.4 Å². The molecule has 0 amide bonds. The van der Waals surface area contributed by atoms with E-state index < -0.39 is 0 Å². The Hall–Kier alpha value is -1.12. The molecular formula is C12H14O3. The van der Waals surface area contributed by atoms with E-state index in [0.717, 1.165) is 0 Å². The fourth-order valence-electron chi connectivity index (χ4n) is 3.21. The summed E-state index contributed by atoms with van der Waals surface area (Å²) >= 11 is 0. The first kappa shape index (κ1) is 9.13. The van der Waals surface area contributed by atoms with Gasteiger partial charge in [-0.3, -0.25) is 9.59 Å². The summed E-state index contributed by atoms with van der Waals surface area (Å²) in [5, 5.41) is 0. The second-order valence-corrected chi connectivity index (χ2v) is 5.04. The molecule has 3 unspecified atom stereocenters. The smallest absolute Gasteiger partial charge is 0.317 e. The van der Waals surface area contributed by atoms with E-state index in [2.05, 4.69) is 23.8 Å². The highest BCUT2D eigenvalue weighted by atomic mass is 16.6. The van der Waals surface area contributed by atoms with Crippen molar-refractivity contribution in [1.29, 1.82) is 0 Å². The molecule has 2 fully saturated rings. The van der Waals surface area contributed by atoms with Gasteiger partial charge in [0.1, 0.15) is 0 Å². The number of hydrogen-bond acceptors (Lipinski definition) is 3. The number of carbonyl (C=O) groups is 2. The minimum absolute atomic E-state index is 0.207. The maximum absolute atomic E-state index is 11.5. The number of esters is 2. The van der Waals surface area contributed by atoms with Crippen molar-refractivity contribution < 1.29 is 14.3 Å². The van der Waals surface area contributed by atoms with Crippen LogP contribution in [0, 0.1) is 23.2 Å². The third kappa shape index (κ3) is 1.12. The fourth-order valence-corrected chi connectivity index (χ4v) is 3.21. The Labute approximate surface area is 88.5 Å². The van der Waals surface area contributed by atoms with Crippen LogP contribution in [0.1, 0.15) is 26.2 Å². The van der Waals surface area contributed by atoms with Crippen molar-refractivity contribution in [3.8, 4) is 0 Å². The quantitative estimate of drug-likeness (QED) is 0.372. The standard InChI is InChI=1S/C12H14O3/c1-7-2-3-9(12(7)4-5-12)8-6-10(13)15-11(8)14/h2-3,7-9H,4-6H2,1H3. The molecule has 80 valence electrons. The summed E-state index contributed by atoms with van der Waals surface area (Å²) in [6, 6.07) is 0. The molecule has 3 atom stereocenters. The van der Waals surface area contributed by atoms with Gasteiger partial charge < -0.3 is 4.74 Å². The Kier molecular flexibility index (Phi) is 1.65. The van der Waals surface area contributed by atoms with Gasteiger partial charge in [0.25, 0.3) is 0 Å². The van der Waals surface area contributed by atoms with Crippen LogP contribution in [-0.2, 0) is 14.3 Å². The van der Waals surface area contributed by atoms with E-state index in [1.165, 1.54) is 12.8 Å². The average Bonchev–Trinajstić information content (AvgIpc) is 2.82. The third-order valence-electron chi connectivity index (χ3n) is 4.34. The van der Waals surface area contributed by atoms with Crippen LogP contribution in [0.3, 0.4) is 0 Å². The molecule has 3 nitrogen and oxygen atoms in total. The van der Waals surface area contributed by atoms with Crippen molar-refractivity contribution in [2.24, 2.45) is 23.2 Å². The zero-order chi connectivity index (χ0) is 10.6. The van der Waals surface area contributed by atoms with Gasteiger partial charge in [-0.15, -0.1) is 0 Å². The lowest BCUT2D eigenvalue weighted by Crippen LogP contribution is -2.26. The maximum atomic E-state index is 11.5. The lowest BCUT2D eigenvalue weighted by atomic mass is 9.77. The molecule has 3 rings (SSSR count). The van der Waals surface area contributed by atoms with Gasteiger partial charge in [-0.05, 0) is 30.1 Å². The molecule has 1 saturated heterocycles. The average molecular weight is 206 g/mol. The lowest BCUT2D eigenvalue weighted by Gasteiger charge is -2.24. The molecule has 0 radical (unpaired) electrons. The number of ether oxygens (including phenoxy) is 1. The van der Waals surface area contributed by atoms with Crippen LogP contribution in [0.4, 0.5) is 0 Å². The van der Waals surface area contributed by atoms with E-state index in [1.807, 2.05) is 0 Å². The summed E-state index contributed by atoms with van der Waals surface area (Å²) in [6.07, 6.45) is 6.96. The Bertz CT molecular complexity index is 365. The van der Waals surface area contributed by atoms with Crippen molar-refractivity contribution in [2.45, 2.75) is 26.2 Å². The van der Waals surface area contributed by atoms with Crippen LogP contribution in [0.2, 0.25) is 0 Å². The van der Waals surface area contributed by atoms with Gasteiger partial charge in [-0.1, -0.05) is 19.1 Å². The minimum Gasteiger partial charge on any atom is -0.393 e. The van der Waals surface area contributed by atoms with Crippen molar-refractivity contribution >= 4 is 11.9 Å². The highest BCUT2D eigenvalue weighted by molar-refractivity contribution is 5.95. The number of carbonyl (C=O) groups excluding carboxylic acids is 2. The minimum atomic E-state index is -0.353. The molecule has 3 aliphatic rings. The highest BCUT2D eigenvalue weighted by Gasteiger charge is 2.59. The van der Waals surface area contributed by atoms with Gasteiger partial charge in [0.15, 0.2) is 0 Å². The van der Waals surface area contributed by atoms with Gasteiger partial charge >= 0.3 is 11.9 Å². The highest BCUT2D eigenvalue weighted by Crippen LogP contribution is 2.64. The van der Waals surface area contributed by atoms with Crippen LogP contribution < -0.4 is 0 Å². The molecule has 0 aromatic heterocycles. The van der Waals surface area contributed by atoms with E-state index in [0.29, 0.717) is 5.92 Å². The summed E-state index contributed by atoms with van der Waals surface area (Å²) in [4.78, 5) is 22.6. The molecule has 15 heavy (non-hydrogen) atoms. The van der Waals surface area contributed by atoms with Gasteiger partial charge in [-0.25, -0.2) is 0 Å². The van der Waals surface area contributed by atoms with Gasteiger partial charge in [0.05, 0.1) is 12.3 Å².